The summed E-state index contributed by atoms with van der Waals surface area (Å²) in [7, 11) is 1.65. The predicted molar refractivity (Wildman–Crippen MR) is 166 cm³/mol. The molecule has 4 rings (SSSR count). The summed E-state index contributed by atoms with van der Waals surface area (Å²) >= 11 is 14.1. The largest absolute Gasteiger partial charge is 0.504 e. The predicted octanol–water partition coefficient (Wildman–Crippen LogP) is 5.20. The van der Waals surface area contributed by atoms with Crippen molar-refractivity contribution in [1.82, 2.24) is 19.8 Å². The van der Waals surface area contributed by atoms with Crippen LogP contribution in [0, 0.1) is 5.92 Å². The first-order chi connectivity index (χ1) is 20.2. The van der Waals surface area contributed by atoms with Gasteiger partial charge in [0.05, 0.1) is 29.2 Å². The highest BCUT2D eigenvalue weighted by molar-refractivity contribution is 7.98. The van der Waals surface area contributed by atoms with Crippen LogP contribution in [0.15, 0.2) is 59.1 Å². The maximum Gasteiger partial charge on any atom is 0.504 e. The van der Waals surface area contributed by atoms with Gasteiger partial charge >= 0.3 is 5.97 Å². The number of piperidine rings is 1. The molecule has 1 aromatic carbocycles. The monoisotopic (exact) mass is 633 g/mol. The summed E-state index contributed by atoms with van der Waals surface area (Å²) < 4.78 is 7.37. The van der Waals surface area contributed by atoms with Gasteiger partial charge in [-0.2, -0.15) is 0 Å². The average molecular weight is 635 g/mol. The molecule has 1 aliphatic carbocycles. The third kappa shape index (κ3) is 7.99. The van der Waals surface area contributed by atoms with E-state index in [-0.39, 0.29) is 24.2 Å². The standard InChI is InChI=1S/C30H34Cl2N4O5S/c1-41-24-6-4-3-5-21(24)16-35-17-22(33-18-35)15-23(30(39)40)34-29(38)20-11-13-36(14-12-20)26(37)10-8-19-7-9-25(42-2)28(32)27(19)31/h4,6-10,17-18,20,23H,3,5,11-16H2,1-2H3,(H,34,38)(H,39,40)/p+1/b10-8+/t23-/m0/s1. The van der Waals surface area contributed by atoms with Gasteiger partial charge in [0.15, 0.2) is 6.04 Å². The number of thioether (sulfide) groups is 1. The van der Waals surface area contributed by atoms with E-state index in [1.54, 1.807) is 24.4 Å². The van der Waals surface area contributed by atoms with Gasteiger partial charge in [-0.05, 0) is 61.3 Å². The number of amides is 2. The normalized spacial score (nSPS) is 16.6. The summed E-state index contributed by atoms with van der Waals surface area (Å²) in [6.45, 7) is 1.42. The summed E-state index contributed by atoms with van der Waals surface area (Å²) in [4.78, 5) is 42.6. The van der Waals surface area contributed by atoms with Crippen LogP contribution in [0.3, 0.4) is 0 Å². The lowest BCUT2D eigenvalue weighted by atomic mass is 9.95. The number of hydrogen-bond donors (Lipinski definition) is 2. The second-order valence-corrected chi connectivity index (χ2v) is 11.8. The third-order valence-electron chi connectivity index (χ3n) is 7.43. The summed E-state index contributed by atoms with van der Waals surface area (Å²) in [5.41, 5.74) is 2.42. The molecule has 224 valence electrons. The number of nitrogens with zero attached hydrogens (tertiary/aromatic N) is 3. The molecule has 1 atom stereocenters. The Morgan fingerprint density at radius 3 is 2.74 bits per heavy atom. The van der Waals surface area contributed by atoms with E-state index in [4.69, 9.17) is 27.9 Å². The van der Waals surface area contributed by atoms with Gasteiger partial charge in [0.25, 0.3) is 0 Å². The van der Waals surface area contributed by atoms with Gasteiger partial charge < -0.3 is 29.4 Å². The maximum atomic E-state index is 13.0. The third-order valence-corrected chi connectivity index (χ3v) is 9.22. The Hall–Kier alpha value is -3.21. The van der Waals surface area contributed by atoms with Crippen molar-refractivity contribution in [1.29, 1.82) is 0 Å². The van der Waals surface area contributed by atoms with Crippen LogP contribution in [0.5, 0.6) is 0 Å². The van der Waals surface area contributed by atoms with Gasteiger partial charge in [-0.15, -0.1) is 11.8 Å². The van der Waals surface area contributed by atoms with E-state index in [2.05, 4.69) is 16.4 Å². The Balaban J connectivity index is 1.28. The van der Waals surface area contributed by atoms with Crippen LogP contribution in [-0.2, 0) is 27.3 Å². The number of aliphatic carboxylic acids is 1. The molecular formula is C30H35Cl2N4O5S+. The maximum absolute atomic E-state index is 13.0. The minimum atomic E-state index is -0.996. The van der Waals surface area contributed by atoms with Crippen LogP contribution in [0.1, 0.15) is 36.9 Å². The average Bonchev–Trinajstić information content (AvgIpc) is 3.44. The highest BCUT2D eigenvalue weighted by Gasteiger charge is 2.32. The first-order valence-electron chi connectivity index (χ1n) is 13.7. The molecule has 0 unspecified atom stereocenters. The number of ether oxygens (including phenoxy) is 1. The number of carboxylic acid groups (broad SMARTS) is 1. The van der Waals surface area contributed by atoms with Crippen molar-refractivity contribution in [2.24, 2.45) is 5.92 Å². The van der Waals surface area contributed by atoms with Crippen LogP contribution in [0.2, 0.25) is 10.0 Å². The second-order valence-electron chi connectivity index (χ2n) is 10.2. The van der Waals surface area contributed by atoms with E-state index >= 15 is 0 Å². The molecule has 2 heterocycles. The first kappa shape index (κ1) is 31.7. The molecule has 1 fully saturated rings. The number of aliphatic hydroxyl groups excluding tert-OH is 1. The van der Waals surface area contributed by atoms with Crippen molar-refractivity contribution in [3.05, 3.63) is 75.5 Å². The Kier molecular flexibility index (Phi) is 11.2. The van der Waals surface area contributed by atoms with Crippen LogP contribution < -0.4 is 5.32 Å². The van der Waals surface area contributed by atoms with Gasteiger partial charge in [-0.1, -0.05) is 35.3 Å². The van der Waals surface area contributed by atoms with E-state index < -0.39 is 12.0 Å². The molecule has 2 amide bonds. The lowest BCUT2D eigenvalue weighted by molar-refractivity contribution is -0.132. The molecule has 9 nitrogen and oxygen atoms in total. The SMILES string of the molecule is COC1=C(Cn2cnc(C[C@H](NC(=O)C3CCN(C(=O)/C=C/c4ccc(SC)c(Cl)c4Cl)CC3)C(O)=[OH+])c2)CCC=C1. The molecule has 2 aliphatic rings. The number of hydrogen-bond acceptors (Lipinski definition) is 5. The number of carbonyl (C=O) groups is 2. The molecule has 1 aromatic heterocycles. The van der Waals surface area contributed by atoms with Crippen molar-refractivity contribution in [2.75, 3.05) is 26.5 Å². The highest BCUT2D eigenvalue weighted by atomic mass is 35.5. The molecule has 42 heavy (non-hydrogen) atoms. The van der Waals surface area contributed by atoms with Gasteiger partial charge in [0.2, 0.25) is 11.8 Å². The molecule has 0 bridgehead atoms. The summed E-state index contributed by atoms with van der Waals surface area (Å²) in [5.74, 6) is -0.850. The molecule has 1 saturated heterocycles. The molecule has 2 aromatic rings. The number of aromatic nitrogens is 2. The summed E-state index contributed by atoms with van der Waals surface area (Å²) in [6, 6.07) is 2.68. The number of benzene rings is 1. The Bertz CT molecular complexity index is 1410. The number of imidazole rings is 1. The zero-order valence-corrected chi connectivity index (χ0v) is 25.9. The fraction of sp³-hybridized carbons (Fsp3) is 0.400. The molecule has 0 saturated carbocycles. The number of likely N-dealkylation sites (tertiary alicyclic amines) is 1. The van der Waals surface area contributed by atoms with Gasteiger partial charge in [0.1, 0.15) is 5.76 Å². The zero-order chi connectivity index (χ0) is 30.2. The van der Waals surface area contributed by atoms with E-state index in [1.807, 2.05) is 35.2 Å². The lowest BCUT2D eigenvalue weighted by Crippen LogP contribution is -2.48. The van der Waals surface area contributed by atoms with Crippen molar-refractivity contribution in [3.63, 3.8) is 0 Å². The zero-order valence-electron chi connectivity index (χ0n) is 23.6. The number of methoxy groups -OCH3 is 1. The quantitative estimate of drug-likeness (QED) is 0.199. The van der Waals surface area contributed by atoms with Crippen LogP contribution in [0.25, 0.3) is 6.08 Å². The highest BCUT2D eigenvalue weighted by Crippen LogP contribution is 2.35. The summed E-state index contributed by atoms with van der Waals surface area (Å²) in [6.07, 6.45) is 15.5. The van der Waals surface area contributed by atoms with Crippen LogP contribution in [0.4, 0.5) is 0 Å². The van der Waals surface area contributed by atoms with E-state index in [1.165, 1.54) is 17.8 Å². The Morgan fingerprint density at radius 1 is 1.29 bits per heavy atom. The minimum Gasteiger partial charge on any atom is -0.497 e. The van der Waals surface area contributed by atoms with Crippen molar-refractivity contribution < 1.29 is 24.2 Å². The fourth-order valence-corrected chi connectivity index (χ4v) is 6.22. The van der Waals surface area contributed by atoms with Crippen LogP contribution >= 0.6 is 35.0 Å². The molecule has 0 radical (unpaired) electrons. The molecule has 0 spiro atoms. The second kappa shape index (κ2) is 14.8. The Morgan fingerprint density at radius 2 is 2.05 bits per heavy atom. The van der Waals surface area contributed by atoms with Crippen LogP contribution in [-0.4, -0.2) is 74.6 Å². The number of allylic oxidation sites excluding steroid dienone is 3. The number of nitrogens with one attached hydrogen (secondary N) is 1. The molecular weight excluding hydrogens is 599 g/mol. The van der Waals surface area contributed by atoms with E-state index in [0.717, 1.165) is 29.1 Å². The smallest absolute Gasteiger partial charge is 0.497 e. The van der Waals surface area contributed by atoms with Crippen molar-refractivity contribution in [3.8, 4) is 0 Å². The van der Waals surface area contributed by atoms with E-state index in [0.29, 0.717) is 53.8 Å². The van der Waals surface area contributed by atoms with Gasteiger partial charge in [-0.25, -0.2) is 4.98 Å². The van der Waals surface area contributed by atoms with Crippen molar-refractivity contribution >= 4 is 58.8 Å². The molecule has 3 N–H and O–H groups in total. The lowest BCUT2D eigenvalue weighted by Gasteiger charge is -2.31. The molecule has 1 aliphatic heterocycles. The summed E-state index contributed by atoms with van der Waals surface area (Å²) in [5, 5.41) is 13.5. The van der Waals surface area contributed by atoms with E-state index in [9.17, 15) is 19.5 Å². The van der Waals surface area contributed by atoms with Crippen molar-refractivity contribution in [2.45, 2.75) is 49.6 Å². The number of rotatable bonds is 11. The Labute approximate surface area is 259 Å². The number of carbonyl (C=O) groups excluding carboxylic acids is 2. The fourth-order valence-electron chi connectivity index (χ4n) is 5.04. The van der Waals surface area contributed by atoms with Gasteiger partial charge in [-0.3, -0.25) is 9.59 Å². The number of carboxylic acids is 1. The molecule has 12 heteroatoms. The minimum absolute atomic E-state index is 0.129. The van der Waals surface area contributed by atoms with Gasteiger partial charge in [0, 0.05) is 49.1 Å². The topological polar surface area (TPSA) is 118 Å². The first-order valence-corrected chi connectivity index (χ1v) is 15.7. The number of halogens is 2.